The van der Waals surface area contributed by atoms with Gasteiger partial charge in [0.05, 0.1) is 6.04 Å². The van der Waals surface area contributed by atoms with E-state index < -0.39 is 0 Å². The van der Waals surface area contributed by atoms with Crippen molar-refractivity contribution in [2.75, 3.05) is 5.32 Å². The van der Waals surface area contributed by atoms with Crippen molar-refractivity contribution in [2.24, 2.45) is 0 Å². The zero-order valence-electron chi connectivity index (χ0n) is 13.9. The molecule has 0 radical (unpaired) electrons. The summed E-state index contributed by atoms with van der Waals surface area (Å²) in [6, 6.07) is 8.41. The van der Waals surface area contributed by atoms with Crippen molar-refractivity contribution in [2.45, 2.75) is 45.6 Å². The summed E-state index contributed by atoms with van der Waals surface area (Å²) in [6.07, 6.45) is 4.95. The van der Waals surface area contributed by atoms with E-state index >= 15 is 0 Å². The minimum atomic E-state index is -0.136. The fourth-order valence-electron chi connectivity index (χ4n) is 3.27. The number of benzene rings is 1. The number of aromatic nitrogens is 3. The molecule has 0 fully saturated rings. The highest BCUT2D eigenvalue weighted by Crippen LogP contribution is 2.27. The van der Waals surface area contributed by atoms with Gasteiger partial charge in [0.2, 0.25) is 10.1 Å². The maximum absolute atomic E-state index is 12.0. The monoisotopic (exact) mass is 340 g/mol. The van der Waals surface area contributed by atoms with Crippen LogP contribution in [0, 0.1) is 6.92 Å². The lowest BCUT2D eigenvalue weighted by Gasteiger charge is -2.19. The first kappa shape index (κ1) is 15.3. The van der Waals surface area contributed by atoms with E-state index in [1.54, 1.807) is 0 Å². The van der Waals surface area contributed by atoms with E-state index in [1.165, 1.54) is 64.3 Å². The lowest BCUT2D eigenvalue weighted by Crippen LogP contribution is -2.15. The largest absolute Gasteiger partial charge is 0.354 e. The number of rotatable bonds is 3. The molecular formula is C18H20N4OS. The van der Waals surface area contributed by atoms with Crippen molar-refractivity contribution in [3.05, 3.63) is 57.0 Å². The standard InChI is InChI=1S/C18H20N4OS/c1-11-9-16(23)22-18(19-11)24-17(21-22)20-12(2)14-8-7-13-5-3-4-6-15(13)10-14/h7-10,12H,3-6H2,1-2H3,(H,20,21)/t12-/m1/s1. The number of fused-ring (bicyclic) bond motifs is 2. The Morgan fingerprint density at radius 1 is 1.21 bits per heavy atom. The molecule has 2 aromatic heterocycles. The molecule has 1 aliphatic carbocycles. The van der Waals surface area contributed by atoms with Crippen LogP contribution >= 0.6 is 11.3 Å². The molecule has 0 saturated heterocycles. The van der Waals surface area contributed by atoms with Crippen molar-refractivity contribution < 1.29 is 0 Å². The zero-order valence-corrected chi connectivity index (χ0v) is 14.7. The highest BCUT2D eigenvalue weighted by atomic mass is 32.1. The van der Waals surface area contributed by atoms with Gasteiger partial charge >= 0.3 is 0 Å². The maximum Gasteiger partial charge on any atom is 0.275 e. The molecule has 0 amide bonds. The summed E-state index contributed by atoms with van der Waals surface area (Å²) >= 11 is 1.41. The highest BCUT2D eigenvalue weighted by molar-refractivity contribution is 7.20. The molecule has 0 spiro atoms. The lowest BCUT2D eigenvalue weighted by molar-refractivity contribution is 0.683. The van der Waals surface area contributed by atoms with E-state index in [4.69, 9.17) is 0 Å². The lowest BCUT2D eigenvalue weighted by atomic mass is 9.89. The predicted octanol–water partition coefficient (Wildman–Crippen LogP) is 3.51. The number of nitrogens with one attached hydrogen (secondary N) is 1. The summed E-state index contributed by atoms with van der Waals surface area (Å²) in [5.41, 5.74) is 4.81. The predicted molar refractivity (Wildman–Crippen MR) is 97.0 cm³/mol. The van der Waals surface area contributed by atoms with Gasteiger partial charge in [0.1, 0.15) is 0 Å². The molecule has 0 saturated carbocycles. The Morgan fingerprint density at radius 2 is 2.00 bits per heavy atom. The summed E-state index contributed by atoms with van der Waals surface area (Å²) in [6.45, 7) is 3.95. The molecule has 6 heteroatoms. The summed E-state index contributed by atoms with van der Waals surface area (Å²) in [7, 11) is 0. The molecule has 5 nitrogen and oxygen atoms in total. The van der Waals surface area contributed by atoms with Gasteiger partial charge in [-0.25, -0.2) is 4.98 Å². The quantitative estimate of drug-likeness (QED) is 0.793. The third-order valence-corrected chi connectivity index (χ3v) is 5.43. The Hall–Kier alpha value is -2.21. The van der Waals surface area contributed by atoms with Crippen LogP contribution in [-0.2, 0) is 12.8 Å². The Bertz CT molecular complexity index is 959. The van der Waals surface area contributed by atoms with Crippen LogP contribution in [0.5, 0.6) is 0 Å². The van der Waals surface area contributed by atoms with Gasteiger partial charge in [0, 0.05) is 11.8 Å². The number of hydrogen-bond donors (Lipinski definition) is 1. The van der Waals surface area contributed by atoms with E-state index in [1.807, 2.05) is 6.92 Å². The number of hydrogen-bond acceptors (Lipinski definition) is 5. The van der Waals surface area contributed by atoms with E-state index in [2.05, 4.69) is 40.5 Å². The minimum Gasteiger partial charge on any atom is -0.354 e. The average molecular weight is 340 g/mol. The molecule has 2 heterocycles. The van der Waals surface area contributed by atoms with Gasteiger partial charge in [0.15, 0.2) is 0 Å². The van der Waals surface area contributed by atoms with Gasteiger partial charge in [-0.3, -0.25) is 4.79 Å². The van der Waals surface area contributed by atoms with E-state index in [9.17, 15) is 4.79 Å². The van der Waals surface area contributed by atoms with Crippen LogP contribution in [0.15, 0.2) is 29.1 Å². The Balaban J connectivity index is 1.61. The number of anilines is 1. The molecule has 1 N–H and O–H groups in total. The third kappa shape index (κ3) is 2.82. The second-order valence-corrected chi connectivity index (χ2v) is 7.39. The van der Waals surface area contributed by atoms with Gasteiger partial charge in [-0.05, 0) is 56.2 Å². The van der Waals surface area contributed by atoms with Gasteiger partial charge in [-0.2, -0.15) is 4.52 Å². The second kappa shape index (κ2) is 6.02. The Morgan fingerprint density at radius 3 is 2.83 bits per heavy atom. The summed E-state index contributed by atoms with van der Waals surface area (Å²) in [5.74, 6) is 0. The molecule has 0 unspecified atom stereocenters. The normalized spacial score (nSPS) is 15.2. The molecule has 4 rings (SSSR count). The molecule has 24 heavy (non-hydrogen) atoms. The Kier molecular flexibility index (Phi) is 3.84. The van der Waals surface area contributed by atoms with Gasteiger partial charge < -0.3 is 5.32 Å². The second-order valence-electron chi connectivity index (χ2n) is 6.44. The van der Waals surface area contributed by atoms with Crippen LogP contribution in [0.3, 0.4) is 0 Å². The first-order valence-electron chi connectivity index (χ1n) is 8.36. The van der Waals surface area contributed by atoms with Gasteiger partial charge in [-0.15, -0.1) is 5.10 Å². The minimum absolute atomic E-state index is 0.134. The van der Waals surface area contributed by atoms with Crippen LogP contribution in [0.1, 0.15) is 48.2 Å². The topological polar surface area (TPSA) is 59.3 Å². The molecular weight excluding hydrogens is 320 g/mol. The van der Waals surface area contributed by atoms with Crippen LogP contribution in [-0.4, -0.2) is 14.6 Å². The summed E-state index contributed by atoms with van der Waals surface area (Å²) in [4.78, 5) is 17.0. The molecule has 1 aromatic carbocycles. The van der Waals surface area contributed by atoms with E-state index in [0.29, 0.717) is 4.96 Å². The smallest absolute Gasteiger partial charge is 0.275 e. The zero-order chi connectivity index (χ0) is 16.7. The molecule has 124 valence electrons. The third-order valence-electron chi connectivity index (χ3n) is 4.59. The van der Waals surface area contributed by atoms with E-state index in [0.717, 1.165) is 10.8 Å². The number of nitrogens with zero attached hydrogens (tertiary/aromatic N) is 3. The molecule has 1 atom stereocenters. The first-order chi connectivity index (χ1) is 11.6. The average Bonchev–Trinajstić information content (AvgIpc) is 2.97. The molecule has 0 aliphatic heterocycles. The van der Waals surface area contributed by atoms with Crippen LogP contribution in [0.2, 0.25) is 0 Å². The molecule has 1 aliphatic rings. The van der Waals surface area contributed by atoms with Crippen molar-refractivity contribution in [1.29, 1.82) is 0 Å². The molecule has 3 aromatic rings. The Labute approximate surface area is 144 Å². The van der Waals surface area contributed by atoms with Gasteiger partial charge in [0.25, 0.3) is 5.56 Å². The van der Waals surface area contributed by atoms with Crippen molar-refractivity contribution in [1.82, 2.24) is 14.6 Å². The first-order valence-corrected chi connectivity index (χ1v) is 9.17. The fraction of sp³-hybridized carbons (Fsp3) is 0.389. The molecule has 0 bridgehead atoms. The summed E-state index contributed by atoms with van der Waals surface area (Å²) < 4.78 is 1.36. The van der Waals surface area contributed by atoms with Crippen molar-refractivity contribution >= 4 is 21.4 Å². The van der Waals surface area contributed by atoms with Crippen LogP contribution in [0.25, 0.3) is 4.96 Å². The number of aryl methyl sites for hydroxylation is 3. The maximum atomic E-state index is 12.0. The van der Waals surface area contributed by atoms with Gasteiger partial charge in [-0.1, -0.05) is 29.5 Å². The fourth-order valence-corrected chi connectivity index (χ4v) is 4.21. The van der Waals surface area contributed by atoms with E-state index in [-0.39, 0.29) is 11.6 Å². The van der Waals surface area contributed by atoms with Crippen molar-refractivity contribution in [3.8, 4) is 0 Å². The SMILES string of the molecule is Cc1cc(=O)n2nc(N[C@H](C)c3ccc4c(c3)CCCC4)sc2n1. The summed E-state index contributed by atoms with van der Waals surface area (Å²) in [5, 5.41) is 8.48. The van der Waals surface area contributed by atoms with Crippen LogP contribution in [0.4, 0.5) is 5.13 Å². The van der Waals surface area contributed by atoms with Crippen LogP contribution < -0.4 is 10.9 Å². The highest BCUT2D eigenvalue weighted by Gasteiger charge is 2.14. The van der Waals surface area contributed by atoms with Crippen molar-refractivity contribution in [3.63, 3.8) is 0 Å².